The van der Waals surface area contributed by atoms with E-state index in [0.29, 0.717) is 11.8 Å². The maximum absolute atomic E-state index is 6.74. The second-order valence-corrected chi connectivity index (χ2v) is 20.5. The zero-order valence-electron chi connectivity index (χ0n) is 41.3. The van der Waals surface area contributed by atoms with Crippen LogP contribution in [0.2, 0.25) is 0 Å². The second kappa shape index (κ2) is 16.1. The van der Waals surface area contributed by atoms with Crippen molar-refractivity contribution in [2.24, 2.45) is 0 Å². The van der Waals surface area contributed by atoms with E-state index >= 15 is 0 Å². The summed E-state index contributed by atoms with van der Waals surface area (Å²) < 4.78 is 26.0. The highest BCUT2D eigenvalue weighted by molar-refractivity contribution is 6.19. The van der Waals surface area contributed by atoms with Crippen molar-refractivity contribution >= 4 is 143 Å². The number of para-hydroxylation sites is 2. The highest BCUT2D eigenvalue weighted by Crippen LogP contribution is 2.45. The van der Waals surface area contributed by atoms with Crippen molar-refractivity contribution < 1.29 is 17.7 Å². The molecule has 15 rings (SSSR count). The van der Waals surface area contributed by atoms with Gasteiger partial charge in [-0.1, -0.05) is 100 Å². The van der Waals surface area contributed by atoms with Gasteiger partial charge < -0.3 is 27.5 Å². The van der Waals surface area contributed by atoms with Gasteiger partial charge in [-0.25, -0.2) is 0 Å². The Hall–Kier alpha value is -9.26. The van der Waals surface area contributed by atoms with Crippen molar-refractivity contribution in [2.45, 2.75) is 39.5 Å². The summed E-state index contributed by atoms with van der Waals surface area (Å²) in [6, 6.07) is 74.0. The van der Waals surface area contributed by atoms with Crippen LogP contribution in [0, 0.1) is 0 Å². The Morgan fingerprint density at radius 1 is 0.243 bits per heavy atom. The Kier molecular flexibility index (Phi) is 9.24. The number of rotatable bonds is 8. The molecule has 4 heterocycles. The number of anilines is 6. The molecule has 15 aromatic rings. The monoisotopic (exact) mass is 956 g/mol. The zero-order chi connectivity index (χ0) is 49.3. The van der Waals surface area contributed by atoms with Crippen molar-refractivity contribution in [3.63, 3.8) is 0 Å². The number of nitrogens with zero attached hydrogens (tertiary/aromatic N) is 2. The highest BCUT2D eigenvalue weighted by Gasteiger charge is 2.21. The van der Waals surface area contributed by atoms with Gasteiger partial charge >= 0.3 is 0 Å². The fourth-order valence-electron chi connectivity index (χ4n) is 11.4. The zero-order valence-corrected chi connectivity index (χ0v) is 41.3. The first-order chi connectivity index (χ1) is 36.2. The SMILES string of the molecule is CC(C)c1ccc(N(c2ccc(C(C)C)cc2)c2ccc3cc4c(cc3c2)oc2cc3oc5cc6cc(N(c7ccc8oc9ccccc9c8c7)c7ccc8oc9ccccc9c8c7)ccc6cc5c3cc24)cc1. The van der Waals surface area contributed by atoms with Crippen LogP contribution in [-0.4, -0.2) is 0 Å². The number of furan rings is 4. The summed E-state index contributed by atoms with van der Waals surface area (Å²) in [5.74, 6) is 0.916. The molecule has 74 heavy (non-hydrogen) atoms. The third kappa shape index (κ3) is 6.71. The standard InChI is InChI=1S/C68H48N2O4/c1-39(2)41-13-19-47(20-14-41)69(48-21-15-42(16-22-48)40(3)4)49-23-17-43-31-55-59-37-60-56-32-44-18-24-50(30-46(44)34-66(56)74-68(60)38-67(59)73-65(55)33-45(43)29-49)70(51-25-27-63-57(35-51)53-9-5-7-11-61(53)71-63)52-26-28-64-58(36-52)54-10-6-8-12-62(54)72-64/h5-40H,1-4H3. The number of benzene rings is 11. The summed E-state index contributed by atoms with van der Waals surface area (Å²) in [7, 11) is 0. The minimum atomic E-state index is 0.458. The largest absolute Gasteiger partial charge is 0.456 e. The lowest BCUT2D eigenvalue weighted by atomic mass is 10.0. The Balaban J connectivity index is 0.826. The quantitative estimate of drug-likeness (QED) is 0.151. The van der Waals surface area contributed by atoms with E-state index in [2.05, 4.69) is 219 Å². The summed E-state index contributed by atoms with van der Waals surface area (Å²) in [6.07, 6.45) is 0. The van der Waals surface area contributed by atoms with Gasteiger partial charge in [-0.15, -0.1) is 0 Å². The molecule has 0 aliphatic rings. The molecule has 0 atom stereocenters. The second-order valence-electron chi connectivity index (χ2n) is 20.5. The predicted molar refractivity (Wildman–Crippen MR) is 308 cm³/mol. The summed E-state index contributed by atoms with van der Waals surface area (Å²) >= 11 is 0. The minimum Gasteiger partial charge on any atom is -0.456 e. The van der Waals surface area contributed by atoms with Crippen LogP contribution in [0.4, 0.5) is 34.1 Å². The maximum Gasteiger partial charge on any atom is 0.139 e. The number of hydrogen-bond acceptors (Lipinski definition) is 6. The van der Waals surface area contributed by atoms with E-state index in [1.54, 1.807) is 0 Å². The van der Waals surface area contributed by atoms with Gasteiger partial charge in [0.15, 0.2) is 0 Å². The first kappa shape index (κ1) is 42.4. The van der Waals surface area contributed by atoms with Gasteiger partial charge in [0.25, 0.3) is 0 Å². The lowest BCUT2D eigenvalue weighted by Crippen LogP contribution is -2.10. The molecule has 0 amide bonds. The molecule has 11 aromatic carbocycles. The van der Waals surface area contributed by atoms with Crippen molar-refractivity contribution in [1.29, 1.82) is 0 Å². The van der Waals surface area contributed by atoms with Gasteiger partial charge in [-0.3, -0.25) is 0 Å². The van der Waals surface area contributed by atoms with Crippen LogP contribution in [0.3, 0.4) is 0 Å². The van der Waals surface area contributed by atoms with E-state index in [0.717, 1.165) is 143 Å². The molecular formula is C68H48N2O4. The molecule has 0 N–H and O–H groups in total. The molecule has 354 valence electrons. The normalized spacial score (nSPS) is 12.3. The van der Waals surface area contributed by atoms with E-state index < -0.39 is 0 Å². The maximum atomic E-state index is 6.74. The van der Waals surface area contributed by atoms with Gasteiger partial charge in [0.1, 0.15) is 44.7 Å². The fourth-order valence-corrected chi connectivity index (χ4v) is 11.4. The van der Waals surface area contributed by atoms with Gasteiger partial charge in [-0.05, 0) is 172 Å². The van der Waals surface area contributed by atoms with Crippen molar-refractivity contribution in [3.8, 4) is 0 Å². The van der Waals surface area contributed by atoms with E-state index in [4.69, 9.17) is 17.7 Å². The van der Waals surface area contributed by atoms with Crippen LogP contribution in [0.5, 0.6) is 0 Å². The molecule has 6 heteroatoms. The smallest absolute Gasteiger partial charge is 0.139 e. The lowest BCUT2D eigenvalue weighted by Gasteiger charge is -2.26. The summed E-state index contributed by atoms with van der Waals surface area (Å²) in [5.41, 5.74) is 15.7. The molecule has 0 spiro atoms. The topological polar surface area (TPSA) is 59.0 Å². The van der Waals surface area contributed by atoms with Crippen LogP contribution in [0.1, 0.15) is 50.7 Å². The average Bonchev–Trinajstić information content (AvgIpc) is 4.19. The van der Waals surface area contributed by atoms with Gasteiger partial charge in [0.05, 0.1) is 0 Å². The first-order valence-electron chi connectivity index (χ1n) is 25.6. The predicted octanol–water partition coefficient (Wildman–Crippen LogP) is 20.8. The number of fused-ring (bicyclic) bond motifs is 14. The first-order valence-corrected chi connectivity index (χ1v) is 25.6. The molecule has 0 saturated carbocycles. The molecule has 0 saturated heterocycles. The van der Waals surface area contributed by atoms with Crippen molar-refractivity contribution in [3.05, 3.63) is 217 Å². The summed E-state index contributed by atoms with van der Waals surface area (Å²) in [5, 5.41) is 13.0. The van der Waals surface area contributed by atoms with E-state index in [9.17, 15) is 0 Å². The Morgan fingerprint density at radius 3 is 1.04 bits per heavy atom. The molecule has 0 radical (unpaired) electrons. The van der Waals surface area contributed by atoms with Crippen LogP contribution in [-0.2, 0) is 0 Å². The molecule has 0 bridgehead atoms. The van der Waals surface area contributed by atoms with Gasteiger partial charge in [0, 0.05) is 83.3 Å². The van der Waals surface area contributed by atoms with Crippen LogP contribution >= 0.6 is 0 Å². The molecule has 0 fully saturated rings. The average molecular weight is 957 g/mol. The molecule has 4 aromatic heterocycles. The van der Waals surface area contributed by atoms with Gasteiger partial charge in [-0.2, -0.15) is 0 Å². The molecule has 0 unspecified atom stereocenters. The van der Waals surface area contributed by atoms with E-state index in [1.165, 1.54) is 11.1 Å². The van der Waals surface area contributed by atoms with E-state index in [1.807, 2.05) is 24.3 Å². The Bertz CT molecular complexity index is 4570. The van der Waals surface area contributed by atoms with Crippen LogP contribution < -0.4 is 9.80 Å². The fraction of sp³-hybridized carbons (Fsp3) is 0.0882. The highest BCUT2D eigenvalue weighted by atomic mass is 16.3. The number of hydrogen-bond donors (Lipinski definition) is 0. The van der Waals surface area contributed by atoms with Crippen LogP contribution in [0.25, 0.3) is 109 Å². The summed E-state index contributed by atoms with van der Waals surface area (Å²) in [6.45, 7) is 8.95. The van der Waals surface area contributed by atoms with E-state index in [-0.39, 0.29) is 0 Å². The molecule has 0 aliphatic carbocycles. The summed E-state index contributed by atoms with van der Waals surface area (Å²) in [4.78, 5) is 4.67. The third-order valence-corrected chi connectivity index (χ3v) is 15.3. The van der Waals surface area contributed by atoms with Crippen molar-refractivity contribution in [2.75, 3.05) is 9.80 Å². The molecule has 6 nitrogen and oxygen atoms in total. The molecule has 0 aliphatic heterocycles. The lowest BCUT2D eigenvalue weighted by molar-refractivity contribution is 0.656. The van der Waals surface area contributed by atoms with Gasteiger partial charge in [0.2, 0.25) is 0 Å². The molecular weight excluding hydrogens is 909 g/mol. The third-order valence-electron chi connectivity index (χ3n) is 15.3. The minimum absolute atomic E-state index is 0.458. The Morgan fingerprint density at radius 2 is 0.581 bits per heavy atom. The van der Waals surface area contributed by atoms with Crippen molar-refractivity contribution in [1.82, 2.24) is 0 Å². The Labute approximate surface area is 425 Å². The van der Waals surface area contributed by atoms with Crippen LogP contribution in [0.15, 0.2) is 224 Å².